The number of H-pyrrole nitrogens is 1. The van der Waals surface area contributed by atoms with Crippen LogP contribution in [0, 0.1) is 0 Å². The van der Waals surface area contributed by atoms with Crippen molar-refractivity contribution in [2.45, 2.75) is 32.5 Å². The van der Waals surface area contributed by atoms with Crippen LogP contribution in [0.4, 0.5) is 13.2 Å². The van der Waals surface area contributed by atoms with E-state index in [0.29, 0.717) is 16.9 Å². The molecule has 0 aliphatic rings. The van der Waals surface area contributed by atoms with Crippen molar-refractivity contribution in [3.63, 3.8) is 0 Å². The van der Waals surface area contributed by atoms with Gasteiger partial charge in [-0.2, -0.15) is 13.2 Å². The molecule has 3 nitrogen and oxygen atoms in total. The van der Waals surface area contributed by atoms with Crippen molar-refractivity contribution < 1.29 is 13.2 Å². The second-order valence-electron chi connectivity index (χ2n) is 4.53. The third kappa shape index (κ3) is 3.07. The molecule has 0 spiro atoms. The van der Waals surface area contributed by atoms with E-state index in [2.05, 4.69) is 15.3 Å². The first-order valence-electron chi connectivity index (χ1n) is 6.22. The average Bonchev–Trinajstić information content (AvgIpc) is 2.77. The summed E-state index contributed by atoms with van der Waals surface area (Å²) < 4.78 is 37.8. The highest BCUT2D eigenvalue weighted by Crippen LogP contribution is 2.31. The number of nitrogens with one attached hydrogen (secondary N) is 2. The van der Waals surface area contributed by atoms with E-state index in [1.165, 1.54) is 6.07 Å². The van der Waals surface area contributed by atoms with Crippen molar-refractivity contribution in [3.8, 4) is 0 Å². The summed E-state index contributed by atoms with van der Waals surface area (Å²) in [5.41, 5.74) is 0.299. The first-order chi connectivity index (χ1) is 8.91. The molecule has 1 unspecified atom stereocenters. The van der Waals surface area contributed by atoms with E-state index in [4.69, 9.17) is 0 Å². The largest absolute Gasteiger partial charge is 0.416 e. The van der Waals surface area contributed by atoms with Gasteiger partial charge in [0.1, 0.15) is 5.82 Å². The van der Waals surface area contributed by atoms with E-state index in [0.717, 1.165) is 25.1 Å². The van der Waals surface area contributed by atoms with Crippen molar-refractivity contribution in [2.24, 2.45) is 0 Å². The Morgan fingerprint density at radius 2 is 2.11 bits per heavy atom. The van der Waals surface area contributed by atoms with Crippen molar-refractivity contribution in [2.75, 3.05) is 6.54 Å². The minimum Gasteiger partial charge on any atom is -0.341 e. The molecule has 0 fully saturated rings. The first-order valence-corrected chi connectivity index (χ1v) is 6.22. The smallest absolute Gasteiger partial charge is 0.341 e. The zero-order valence-corrected chi connectivity index (χ0v) is 10.8. The number of imidazole rings is 1. The van der Waals surface area contributed by atoms with Gasteiger partial charge in [-0.25, -0.2) is 4.98 Å². The number of nitrogens with zero attached hydrogens (tertiary/aromatic N) is 1. The molecule has 1 heterocycles. The molecule has 0 radical (unpaired) electrons. The molecule has 2 rings (SSSR count). The van der Waals surface area contributed by atoms with Crippen LogP contribution in [0.15, 0.2) is 18.2 Å². The number of rotatable bonds is 4. The summed E-state index contributed by atoms with van der Waals surface area (Å²) in [6.07, 6.45) is -3.34. The third-order valence-electron chi connectivity index (χ3n) is 2.94. The van der Waals surface area contributed by atoms with Crippen LogP contribution < -0.4 is 5.32 Å². The Labute approximate surface area is 109 Å². The Morgan fingerprint density at radius 3 is 2.74 bits per heavy atom. The Hall–Kier alpha value is -1.56. The Balaban J connectivity index is 2.30. The summed E-state index contributed by atoms with van der Waals surface area (Å²) in [5.74, 6) is 0.655. The molecule has 2 aromatic rings. The highest BCUT2D eigenvalue weighted by Gasteiger charge is 2.30. The molecule has 19 heavy (non-hydrogen) atoms. The Kier molecular flexibility index (Phi) is 3.80. The van der Waals surface area contributed by atoms with Crippen molar-refractivity contribution in [3.05, 3.63) is 29.6 Å². The fourth-order valence-electron chi connectivity index (χ4n) is 1.87. The van der Waals surface area contributed by atoms with Crippen LogP contribution in [-0.4, -0.2) is 16.5 Å². The highest BCUT2D eigenvalue weighted by molar-refractivity contribution is 5.76. The topological polar surface area (TPSA) is 40.7 Å². The summed E-state index contributed by atoms with van der Waals surface area (Å²) in [5, 5.41) is 3.24. The van der Waals surface area contributed by atoms with Crippen LogP contribution in [0.1, 0.15) is 37.7 Å². The molecular weight excluding hydrogens is 255 g/mol. The molecule has 0 aliphatic heterocycles. The van der Waals surface area contributed by atoms with E-state index < -0.39 is 11.7 Å². The van der Waals surface area contributed by atoms with Crippen LogP contribution >= 0.6 is 0 Å². The molecule has 2 N–H and O–H groups in total. The van der Waals surface area contributed by atoms with Gasteiger partial charge in [0, 0.05) is 0 Å². The van der Waals surface area contributed by atoms with E-state index in [-0.39, 0.29) is 6.04 Å². The number of aromatic amines is 1. The van der Waals surface area contributed by atoms with Gasteiger partial charge in [0.15, 0.2) is 0 Å². The molecule has 6 heteroatoms. The zero-order valence-electron chi connectivity index (χ0n) is 10.8. The van der Waals surface area contributed by atoms with Gasteiger partial charge in [0.05, 0.1) is 22.6 Å². The monoisotopic (exact) mass is 271 g/mol. The maximum atomic E-state index is 12.6. The predicted octanol–water partition coefficient (Wildman–Crippen LogP) is 3.64. The van der Waals surface area contributed by atoms with Gasteiger partial charge in [-0.1, -0.05) is 6.92 Å². The van der Waals surface area contributed by atoms with Gasteiger partial charge in [0.2, 0.25) is 0 Å². The predicted molar refractivity (Wildman–Crippen MR) is 67.8 cm³/mol. The molecule has 1 atom stereocenters. The normalized spacial score (nSPS) is 13.9. The second kappa shape index (κ2) is 5.21. The van der Waals surface area contributed by atoms with Crippen molar-refractivity contribution in [1.29, 1.82) is 0 Å². The summed E-state index contributed by atoms with van der Waals surface area (Å²) >= 11 is 0. The quantitative estimate of drug-likeness (QED) is 0.891. The minimum atomic E-state index is -4.33. The van der Waals surface area contributed by atoms with Gasteiger partial charge in [-0.05, 0) is 38.1 Å². The Morgan fingerprint density at radius 1 is 1.37 bits per heavy atom. The average molecular weight is 271 g/mol. The molecule has 0 saturated carbocycles. The number of benzene rings is 1. The van der Waals surface area contributed by atoms with Crippen LogP contribution in [-0.2, 0) is 6.18 Å². The number of aromatic nitrogens is 2. The number of hydrogen-bond acceptors (Lipinski definition) is 2. The summed E-state index contributed by atoms with van der Waals surface area (Å²) in [6, 6.07) is 3.53. The molecule has 1 aromatic heterocycles. The standard InChI is InChI=1S/C13H16F3N3/c1-3-6-17-8(2)12-18-10-5-4-9(13(14,15)16)7-11(10)19-12/h4-5,7-8,17H,3,6H2,1-2H3,(H,18,19). The number of alkyl halides is 3. The zero-order chi connectivity index (χ0) is 14.0. The summed E-state index contributed by atoms with van der Waals surface area (Å²) in [4.78, 5) is 7.25. The van der Waals surface area contributed by atoms with Gasteiger partial charge in [-0.3, -0.25) is 0 Å². The van der Waals surface area contributed by atoms with Crippen molar-refractivity contribution in [1.82, 2.24) is 15.3 Å². The number of halogens is 3. The van der Waals surface area contributed by atoms with E-state index in [9.17, 15) is 13.2 Å². The maximum Gasteiger partial charge on any atom is 0.416 e. The minimum absolute atomic E-state index is 0.0123. The van der Waals surface area contributed by atoms with Crippen molar-refractivity contribution >= 4 is 11.0 Å². The fourth-order valence-corrected chi connectivity index (χ4v) is 1.87. The number of fused-ring (bicyclic) bond motifs is 1. The van der Waals surface area contributed by atoms with Gasteiger partial charge < -0.3 is 10.3 Å². The van der Waals surface area contributed by atoms with Crippen LogP contribution in [0.3, 0.4) is 0 Å². The lowest BCUT2D eigenvalue weighted by Crippen LogP contribution is -2.20. The molecular formula is C13H16F3N3. The SMILES string of the molecule is CCCNC(C)c1nc2ccc(C(F)(F)F)cc2[nH]1. The lowest BCUT2D eigenvalue weighted by Gasteiger charge is -2.09. The summed E-state index contributed by atoms with van der Waals surface area (Å²) in [6.45, 7) is 4.82. The van der Waals surface area contributed by atoms with Crippen LogP contribution in [0.25, 0.3) is 11.0 Å². The molecule has 1 aromatic carbocycles. The Bertz CT molecular complexity index is 560. The van der Waals surface area contributed by atoms with Crippen LogP contribution in [0.2, 0.25) is 0 Å². The lowest BCUT2D eigenvalue weighted by molar-refractivity contribution is -0.137. The number of hydrogen-bond donors (Lipinski definition) is 2. The molecule has 104 valence electrons. The second-order valence-corrected chi connectivity index (χ2v) is 4.53. The maximum absolute atomic E-state index is 12.6. The molecule has 0 bridgehead atoms. The highest BCUT2D eigenvalue weighted by atomic mass is 19.4. The summed E-state index contributed by atoms with van der Waals surface area (Å²) in [7, 11) is 0. The van der Waals surface area contributed by atoms with Gasteiger partial charge >= 0.3 is 6.18 Å². The lowest BCUT2D eigenvalue weighted by atomic mass is 10.2. The first kappa shape index (κ1) is 13.9. The fraction of sp³-hybridized carbons (Fsp3) is 0.462. The van der Waals surface area contributed by atoms with Crippen LogP contribution in [0.5, 0.6) is 0 Å². The van der Waals surface area contributed by atoms with E-state index in [1.54, 1.807) is 0 Å². The van der Waals surface area contributed by atoms with Gasteiger partial charge in [-0.15, -0.1) is 0 Å². The molecule has 0 amide bonds. The van der Waals surface area contributed by atoms with E-state index in [1.807, 2.05) is 13.8 Å². The molecule has 0 aliphatic carbocycles. The third-order valence-corrected chi connectivity index (χ3v) is 2.94. The van der Waals surface area contributed by atoms with E-state index >= 15 is 0 Å². The molecule has 0 saturated heterocycles. The van der Waals surface area contributed by atoms with Gasteiger partial charge in [0.25, 0.3) is 0 Å².